The summed E-state index contributed by atoms with van der Waals surface area (Å²) >= 11 is 0. The van der Waals surface area contributed by atoms with Crippen LogP contribution < -0.4 is 0 Å². The summed E-state index contributed by atoms with van der Waals surface area (Å²) in [7, 11) is 5.73. The molecule has 22 heavy (non-hydrogen) atoms. The second-order valence-corrected chi connectivity index (χ2v) is 6.55. The van der Waals surface area contributed by atoms with Crippen molar-refractivity contribution in [3.8, 4) is 0 Å². The molecule has 0 rings (SSSR count). The van der Waals surface area contributed by atoms with Crippen LogP contribution in [-0.2, 0) is 14.3 Å². The molecule has 0 aromatic heterocycles. The first-order valence-electron chi connectivity index (χ1n) is 7.71. The molecule has 0 saturated carbocycles. The molecule has 0 aliphatic heterocycles. The van der Waals surface area contributed by atoms with Gasteiger partial charge in [-0.3, -0.25) is 4.79 Å². The van der Waals surface area contributed by atoms with E-state index >= 15 is 0 Å². The lowest BCUT2D eigenvalue weighted by atomic mass is 10.1. The van der Waals surface area contributed by atoms with Gasteiger partial charge in [-0.1, -0.05) is 19.4 Å². The SMILES string of the molecule is CCCC(O)CC/C=C/C(=O)OC(CC(=O)O)C[N+](C)(C)C. The van der Waals surface area contributed by atoms with Crippen LogP contribution in [-0.4, -0.2) is 66.5 Å². The van der Waals surface area contributed by atoms with Crippen LogP contribution >= 0.6 is 0 Å². The lowest BCUT2D eigenvalue weighted by molar-refractivity contribution is -0.873. The predicted octanol–water partition coefficient (Wildman–Crippen LogP) is 1.58. The Morgan fingerprint density at radius 2 is 1.86 bits per heavy atom. The number of aliphatic carboxylic acids is 1. The Labute approximate surface area is 133 Å². The standard InChI is InChI=1S/C16H29NO5/c1-5-8-13(18)9-6-7-10-16(21)22-14(11-15(19)20)12-17(2,3)4/h7,10,13-14,18H,5-6,8-9,11-12H2,1-4H3/p+1/b10-7+. The van der Waals surface area contributed by atoms with E-state index in [2.05, 4.69) is 0 Å². The fraction of sp³-hybridized carbons (Fsp3) is 0.750. The second-order valence-electron chi connectivity index (χ2n) is 6.55. The van der Waals surface area contributed by atoms with Crippen LogP contribution in [0.1, 0.15) is 39.0 Å². The summed E-state index contributed by atoms with van der Waals surface area (Å²) in [6.45, 7) is 2.44. The van der Waals surface area contributed by atoms with E-state index in [1.807, 2.05) is 28.1 Å². The van der Waals surface area contributed by atoms with Crippen molar-refractivity contribution in [3.63, 3.8) is 0 Å². The number of aliphatic hydroxyl groups excluding tert-OH is 1. The number of allylic oxidation sites excluding steroid dienone is 1. The number of hydrogen-bond donors (Lipinski definition) is 2. The number of likely N-dealkylation sites (N-methyl/N-ethyl adjacent to an activating group) is 1. The molecule has 2 unspecified atom stereocenters. The van der Waals surface area contributed by atoms with E-state index in [4.69, 9.17) is 9.84 Å². The third-order valence-electron chi connectivity index (χ3n) is 2.98. The van der Waals surface area contributed by atoms with Crippen LogP contribution in [0, 0.1) is 0 Å². The summed E-state index contributed by atoms with van der Waals surface area (Å²) < 4.78 is 5.72. The summed E-state index contributed by atoms with van der Waals surface area (Å²) in [5, 5.41) is 18.4. The zero-order chi connectivity index (χ0) is 17.2. The van der Waals surface area contributed by atoms with Crippen molar-refractivity contribution in [1.82, 2.24) is 0 Å². The van der Waals surface area contributed by atoms with E-state index in [0.717, 1.165) is 12.8 Å². The summed E-state index contributed by atoms with van der Waals surface area (Å²) in [4.78, 5) is 22.5. The predicted molar refractivity (Wildman–Crippen MR) is 84.3 cm³/mol. The van der Waals surface area contributed by atoms with E-state index in [1.54, 1.807) is 6.08 Å². The normalized spacial score (nSPS) is 14.8. The number of carbonyl (C=O) groups excluding carboxylic acids is 1. The number of carboxylic acid groups (broad SMARTS) is 1. The summed E-state index contributed by atoms with van der Waals surface area (Å²) in [6, 6.07) is 0. The zero-order valence-corrected chi connectivity index (χ0v) is 14.1. The van der Waals surface area contributed by atoms with Gasteiger partial charge in [0.15, 0.2) is 6.10 Å². The topological polar surface area (TPSA) is 83.8 Å². The number of rotatable bonds is 11. The molecule has 2 atom stereocenters. The maximum atomic E-state index is 11.7. The number of quaternary nitrogens is 1. The van der Waals surface area contributed by atoms with Crippen molar-refractivity contribution in [1.29, 1.82) is 0 Å². The van der Waals surface area contributed by atoms with E-state index in [1.165, 1.54) is 6.08 Å². The first-order valence-corrected chi connectivity index (χ1v) is 7.71. The third kappa shape index (κ3) is 12.3. The summed E-state index contributed by atoms with van der Waals surface area (Å²) in [5.41, 5.74) is 0. The fourth-order valence-corrected chi connectivity index (χ4v) is 2.10. The maximum absolute atomic E-state index is 11.7. The molecular weight excluding hydrogens is 286 g/mol. The van der Waals surface area contributed by atoms with Crippen molar-refractivity contribution >= 4 is 11.9 Å². The Hall–Kier alpha value is -1.40. The van der Waals surface area contributed by atoms with Crippen molar-refractivity contribution < 1.29 is 29.0 Å². The van der Waals surface area contributed by atoms with Gasteiger partial charge >= 0.3 is 11.9 Å². The molecule has 128 valence electrons. The molecule has 0 fully saturated rings. The first-order chi connectivity index (χ1) is 10.1. The number of ether oxygens (including phenoxy) is 1. The highest BCUT2D eigenvalue weighted by Crippen LogP contribution is 2.07. The van der Waals surface area contributed by atoms with E-state index < -0.39 is 18.0 Å². The van der Waals surface area contributed by atoms with Crippen molar-refractivity contribution in [2.75, 3.05) is 27.7 Å². The molecule has 0 saturated heterocycles. The molecule has 0 aliphatic rings. The number of carboxylic acids is 1. The number of carbonyl (C=O) groups is 2. The van der Waals surface area contributed by atoms with E-state index in [9.17, 15) is 14.7 Å². The van der Waals surface area contributed by atoms with Gasteiger partial charge in [-0.05, 0) is 19.3 Å². The Bertz CT molecular complexity index is 373. The van der Waals surface area contributed by atoms with Gasteiger partial charge in [0.05, 0.1) is 33.7 Å². The first kappa shape index (κ1) is 20.6. The van der Waals surface area contributed by atoms with Gasteiger partial charge in [0.25, 0.3) is 0 Å². The van der Waals surface area contributed by atoms with Crippen LogP contribution in [0.25, 0.3) is 0 Å². The number of nitrogens with zero attached hydrogens (tertiary/aromatic N) is 1. The molecule has 0 aromatic carbocycles. The average molecular weight is 316 g/mol. The third-order valence-corrected chi connectivity index (χ3v) is 2.98. The number of hydrogen-bond acceptors (Lipinski definition) is 4. The maximum Gasteiger partial charge on any atom is 0.330 e. The van der Waals surface area contributed by atoms with Crippen molar-refractivity contribution in [2.24, 2.45) is 0 Å². The Morgan fingerprint density at radius 1 is 1.23 bits per heavy atom. The van der Waals surface area contributed by atoms with Crippen molar-refractivity contribution in [2.45, 2.75) is 51.2 Å². The van der Waals surface area contributed by atoms with E-state index in [-0.39, 0.29) is 12.5 Å². The second kappa shape index (κ2) is 10.3. The van der Waals surface area contributed by atoms with Crippen LogP contribution in [0.15, 0.2) is 12.2 Å². The molecule has 0 aromatic rings. The summed E-state index contributed by atoms with van der Waals surface area (Å²) in [5.74, 6) is -1.53. The highest BCUT2D eigenvalue weighted by molar-refractivity contribution is 5.82. The quantitative estimate of drug-likeness (QED) is 0.343. The fourth-order valence-electron chi connectivity index (χ4n) is 2.10. The van der Waals surface area contributed by atoms with Gasteiger partial charge in [0.1, 0.15) is 6.54 Å². The minimum atomic E-state index is -0.988. The number of esters is 1. The molecule has 6 nitrogen and oxygen atoms in total. The van der Waals surface area contributed by atoms with Gasteiger partial charge in [0.2, 0.25) is 0 Å². The molecule has 0 radical (unpaired) electrons. The molecule has 2 N–H and O–H groups in total. The van der Waals surface area contributed by atoms with Gasteiger partial charge in [-0.25, -0.2) is 4.79 Å². The monoisotopic (exact) mass is 316 g/mol. The van der Waals surface area contributed by atoms with Crippen LogP contribution in [0.2, 0.25) is 0 Å². The molecule has 0 bridgehead atoms. The molecule has 6 heteroatoms. The molecule has 0 amide bonds. The number of aliphatic hydroxyl groups is 1. The molecule has 0 spiro atoms. The molecular formula is C16H30NO5+. The van der Waals surface area contributed by atoms with Gasteiger partial charge < -0.3 is 19.4 Å². The molecule has 0 heterocycles. The minimum Gasteiger partial charge on any atom is -0.481 e. The highest BCUT2D eigenvalue weighted by Gasteiger charge is 2.23. The van der Waals surface area contributed by atoms with Crippen LogP contribution in [0.3, 0.4) is 0 Å². The van der Waals surface area contributed by atoms with Crippen LogP contribution in [0.5, 0.6) is 0 Å². The Kier molecular flexibility index (Phi) is 9.69. The Balaban J connectivity index is 4.29. The average Bonchev–Trinajstić information content (AvgIpc) is 2.32. The van der Waals surface area contributed by atoms with Crippen molar-refractivity contribution in [3.05, 3.63) is 12.2 Å². The lowest BCUT2D eigenvalue weighted by Gasteiger charge is -2.28. The highest BCUT2D eigenvalue weighted by atomic mass is 16.5. The molecule has 0 aliphatic carbocycles. The summed E-state index contributed by atoms with van der Waals surface area (Å²) in [6.07, 6.45) is 4.64. The van der Waals surface area contributed by atoms with Gasteiger partial charge in [-0.15, -0.1) is 0 Å². The smallest absolute Gasteiger partial charge is 0.330 e. The van der Waals surface area contributed by atoms with E-state index in [0.29, 0.717) is 23.9 Å². The van der Waals surface area contributed by atoms with Gasteiger partial charge in [0, 0.05) is 6.08 Å². The van der Waals surface area contributed by atoms with Gasteiger partial charge in [-0.2, -0.15) is 0 Å². The Morgan fingerprint density at radius 3 is 2.36 bits per heavy atom. The minimum absolute atomic E-state index is 0.204. The largest absolute Gasteiger partial charge is 0.481 e. The zero-order valence-electron chi connectivity index (χ0n) is 14.1. The van der Waals surface area contributed by atoms with Crippen LogP contribution in [0.4, 0.5) is 0 Å². The lowest BCUT2D eigenvalue weighted by Crippen LogP contribution is -2.43.